The van der Waals surface area contributed by atoms with Crippen molar-refractivity contribution in [3.8, 4) is 12.3 Å². The average molecular weight is 293 g/mol. The Labute approximate surface area is 128 Å². The van der Waals surface area contributed by atoms with Crippen molar-refractivity contribution in [2.75, 3.05) is 0 Å². The van der Waals surface area contributed by atoms with Crippen LogP contribution in [0.3, 0.4) is 0 Å². The number of carbonyl (C=O) groups is 2. The molecular weight excluding hydrogens is 278 g/mol. The third kappa shape index (κ3) is 2.11. The molecule has 0 fully saturated rings. The summed E-state index contributed by atoms with van der Waals surface area (Å²) in [6.07, 6.45) is 5.85. The van der Waals surface area contributed by atoms with E-state index in [1.165, 1.54) is 0 Å². The van der Waals surface area contributed by atoms with Crippen molar-refractivity contribution in [2.24, 2.45) is 0 Å². The number of aliphatic carboxylic acids is 1. The Morgan fingerprint density at radius 1 is 1.32 bits per heavy atom. The minimum absolute atomic E-state index is 0.0987. The predicted octanol–water partition coefficient (Wildman–Crippen LogP) is 2.58. The van der Waals surface area contributed by atoms with Crippen molar-refractivity contribution >= 4 is 11.8 Å². The summed E-state index contributed by atoms with van der Waals surface area (Å²) in [7, 11) is 0. The normalized spacial score (nSPS) is 16.1. The smallest absolute Gasteiger partial charge is 0.312 e. The third-order valence-electron chi connectivity index (χ3n) is 4.14. The van der Waals surface area contributed by atoms with E-state index in [4.69, 9.17) is 6.42 Å². The quantitative estimate of drug-likeness (QED) is 0.699. The molecule has 1 aromatic heterocycles. The van der Waals surface area contributed by atoms with Gasteiger partial charge in [-0.3, -0.25) is 9.59 Å². The topological polar surface area (TPSA) is 59.3 Å². The lowest BCUT2D eigenvalue weighted by Gasteiger charge is -2.07. The van der Waals surface area contributed by atoms with Gasteiger partial charge in [-0.25, -0.2) is 0 Å². The summed E-state index contributed by atoms with van der Waals surface area (Å²) in [5.41, 5.74) is 3.38. The number of carboxylic acid groups (broad SMARTS) is 1. The number of aryl methyl sites for hydroxylation is 1. The summed E-state index contributed by atoms with van der Waals surface area (Å²) in [6.45, 7) is 2.40. The van der Waals surface area contributed by atoms with Crippen LogP contribution in [0, 0.1) is 19.3 Å². The van der Waals surface area contributed by atoms with Gasteiger partial charge in [0.1, 0.15) is 0 Å². The summed E-state index contributed by atoms with van der Waals surface area (Å²) in [5.74, 6) is 1.06. The van der Waals surface area contributed by atoms with E-state index in [2.05, 4.69) is 5.92 Å². The van der Waals surface area contributed by atoms with Crippen molar-refractivity contribution in [3.05, 3.63) is 58.4 Å². The number of benzene rings is 1. The van der Waals surface area contributed by atoms with Gasteiger partial charge in [0.2, 0.25) is 5.78 Å². The van der Waals surface area contributed by atoms with E-state index < -0.39 is 11.9 Å². The second-order valence-electron chi connectivity index (χ2n) is 5.48. The first-order valence-corrected chi connectivity index (χ1v) is 7.07. The molecule has 3 rings (SSSR count). The molecule has 1 aromatic carbocycles. The molecule has 0 radical (unpaired) electrons. The van der Waals surface area contributed by atoms with Gasteiger partial charge in [0, 0.05) is 23.4 Å². The fourth-order valence-corrected chi connectivity index (χ4v) is 3.05. The fraction of sp³-hybridized carbons (Fsp3) is 0.222. The Morgan fingerprint density at radius 2 is 2.00 bits per heavy atom. The number of carbonyl (C=O) groups excluding carboxylic acids is 1. The van der Waals surface area contributed by atoms with Crippen LogP contribution in [-0.4, -0.2) is 21.4 Å². The van der Waals surface area contributed by atoms with Gasteiger partial charge >= 0.3 is 5.97 Å². The molecule has 1 aliphatic rings. The average Bonchev–Trinajstić information content (AvgIpc) is 3.04. The van der Waals surface area contributed by atoms with E-state index in [1.54, 1.807) is 24.3 Å². The minimum Gasteiger partial charge on any atom is -0.481 e. The van der Waals surface area contributed by atoms with E-state index in [0.717, 1.165) is 11.1 Å². The lowest BCUT2D eigenvalue weighted by atomic mass is 10.0. The highest BCUT2D eigenvalue weighted by atomic mass is 16.4. The molecule has 0 bridgehead atoms. The predicted molar refractivity (Wildman–Crippen MR) is 82.0 cm³/mol. The summed E-state index contributed by atoms with van der Waals surface area (Å²) in [6, 6.07) is 8.70. The lowest BCUT2D eigenvalue weighted by Crippen LogP contribution is -2.11. The maximum atomic E-state index is 12.7. The van der Waals surface area contributed by atoms with Crippen LogP contribution in [0.15, 0.2) is 30.3 Å². The number of nitrogens with zero attached hydrogens (tertiary/aromatic N) is 1. The molecule has 4 nitrogen and oxygen atoms in total. The van der Waals surface area contributed by atoms with Crippen LogP contribution in [0.2, 0.25) is 0 Å². The number of ketones is 1. The highest BCUT2D eigenvalue weighted by Gasteiger charge is 2.33. The highest BCUT2D eigenvalue weighted by molar-refractivity contribution is 6.09. The van der Waals surface area contributed by atoms with Crippen molar-refractivity contribution in [2.45, 2.75) is 25.8 Å². The van der Waals surface area contributed by atoms with Gasteiger partial charge in [-0.15, -0.1) is 6.42 Å². The van der Waals surface area contributed by atoms with Crippen LogP contribution >= 0.6 is 0 Å². The second kappa shape index (κ2) is 5.19. The summed E-state index contributed by atoms with van der Waals surface area (Å²) < 4.78 is 1.84. The largest absolute Gasteiger partial charge is 0.481 e. The fourth-order valence-electron chi connectivity index (χ4n) is 3.05. The Hall–Kier alpha value is -2.80. The number of fused-ring (bicyclic) bond motifs is 1. The van der Waals surface area contributed by atoms with Crippen LogP contribution < -0.4 is 0 Å². The zero-order valence-corrected chi connectivity index (χ0v) is 12.2. The van der Waals surface area contributed by atoms with Gasteiger partial charge < -0.3 is 9.67 Å². The number of rotatable bonds is 3. The Bertz CT molecular complexity index is 806. The number of aromatic nitrogens is 1. The van der Waals surface area contributed by atoms with E-state index in [0.29, 0.717) is 29.9 Å². The maximum absolute atomic E-state index is 12.7. The van der Waals surface area contributed by atoms with Crippen molar-refractivity contribution in [1.82, 2.24) is 4.57 Å². The highest BCUT2D eigenvalue weighted by Crippen LogP contribution is 2.33. The molecular formula is C18H15NO3. The molecule has 110 valence electrons. The van der Waals surface area contributed by atoms with Gasteiger partial charge in [0.25, 0.3) is 0 Å². The van der Waals surface area contributed by atoms with Gasteiger partial charge in [0.05, 0.1) is 11.6 Å². The van der Waals surface area contributed by atoms with Gasteiger partial charge in [-0.1, -0.05) is 5.92 Å². The zero-order valence-electron chi connectivity index (χ0n) is 12.2. The molecule has 2 heterocycles. The van der Waals surface area contributed by atoms with Crippen LogP contribution in [0.1, 0.15) is 45.2 Å². The summed E-state index contributed by atoms with van der Waals surface area (Å²) >= 11 is 0. The lowest BCUT2D eigenvalue weighted by molar-refractivity contribution is -0.138. The molecule has 1 unspecified atom stereocenters. The zero-order chi connectivity index (χ0) is 15.9. The van der Waals surface area contributed by atoms with Crippen molar-refractivity contribution in [3.63, 3.8) is 0 Å². The van der Waals surface area contributed by atoms with E-state index in [1.807, 2.05) is 17.6 Å². The van der Waals surface area contributed by atoms with E-state index in [9.17, 15) is 14.7 Å². The van der Waals surface area contributed by atoms with E-state index >= 15 is 0 Å². The van der Waals surface area contributed by atoms with E-state index in [-0.39, 0.29) is 5.78 Å². The maximum Gasteiger partial charge on any atom is 0.312 e. The summed E-state index contributed by atoms with van der Waals surface area (Å²) in [4.78, 5) is 24.0. The second-order valence-corrected chi connectivity index (χ2v) is 5.48. The van der Waals surface area contributed by atoms with Crippen molar-refractivity contribution < 1.29 is 14.7 Å². The van der Waals surface area contributed by atoms with Crippen molar-refractivity contribution in [1.29, 1.82) is 0 Å². The molecule has 0 aliphatic carbocycles. The SMILES string of the molecule is C#Cc1ccc(C(=O)c2c(C)cc3n2CCC3C(=O)O)cc1. The molecule has 4 heteroatoms. The van der Waals surface area contributed by atoms with Crippen LogP contribution in [-0.2, 0) is 11.3 Å². The number of terminal acetylenes is 1. The molecule has 0 saturated heterocycles. The first kappa shape index (κ1) is 14.2. The first-order chi connectivity index (χ1) is 10.5. The molecule has 0 amide bonds. The van der Waals surface area contributed by atoms with Crippen LogP contribution in [0.5, 0.6) is 0 Å². The summed E-state index contributed by atoms with van der Waals surface area (Å²) in [5, 5.41) is 9.26. The molecule has 1 atom stereocenters. The molecule has 1 N–H and O–H groups in total. The standard InChI is InChI=1S/C18H15NO3/c1-3-12-4-6-13(7-5-12)17(20)16-11(2)10-15-14(18(21)22)8-9-19(15)16/h1,4-7,10,14H,8-9H2,2H3,(H,21,22). The van der Waals surface area contributed by atoms with Crippen LogP contribution in [0.4, 0.5) is 0 Å². The first-order valence-electron chi connectivity index (χ1n) is 7.07. The molecule has 0 spiro atoms. The Kier molecular flexibility index (Phi) is 3.34. The molecule has 1 aliphatic heterocycles. The third-order valence-corrected chi connectivity index (χ3v) is 4.14. The van der Waals surface area contributed by atoms with Gasteiger partial charge in [-0.05, 0) is 49.2 Å². The Balaban J connectivity index is 2.02. The molecule has 22 heavy (non-hydrogen) atoms. The number of hydrogen-bond acceptors (Lipinski definition) is 2. The van der Waals surface area contributed by atoms with Crippen LogP contribution in [0.25, 0.3) is 0 Å². The molecule has 0 saturated carbocycles. The monoisotopic (exact) mass is 293 g/mol. The number of hydrogen-bond donors (Lipinski definition) is 1. The van der Waals surface area contributed by atoms with Gasteiger partial charge in [0.15, 0.2) is 0 Å². The molecule has 2 aromatic rings. The van der Waals surface area contributed by atoms with Gasteiger partial charge in [-0.2, -0.15) is 0 Å². The Morgan fingerprint density at radius 3 is 2.59 bits per heavy atom. The minimum atomic E-state index is -0.839. The number of carboxylic acids is 1.